The van der Waals surface area contributed by atoms with Crippen molar-refractivity contribution >= 4 is 5.96 Å². The van der Waals surface area contributed by atoms with Crippen LogP contribution >= 0.6 is 0 Å². The first-order chi connectivity index (χ1) is 7.89. The smallest absolute Gasteiger partial charge is 0.356 e. The van der Waals surface area contributed by atoms with E-state index >= 15 is 0 Å². The van der Waals surface area contributed by atoms with E-state index in [1.54, 1.807) is 0 Å². The van der Waals surface area contributed by atoms with Gasteiger partial charge in [-0.05, 0) is 13.6 Å². The fourth-order valence-corrected chi connectivity index (χ4v) is 1.07. The van der Waals surface area contributed by atoms with Gasteiger partial charge in [0.2, 0.25) is 0 Å². The maximum absolute atomic E-state index is 11.9. The van der Waals surface area contributed by atoms with Gasteiger partial charge in [-0.15, -0.1) is 0 Å². The Labute approximate surface area is 100 Å². The van der Waals surface area contributed by atoms with Gasteiger partial charge in [-0.2, -0.15) is 13.2 Å². The summed E-state index contributed by atoms with van der Waals surface area (Å²) in [5.41, 5.74) is 0. The summed E-state index contributed by atoms with van der Waals surface area (Å²) in [7, 11) is 3.51. The molecule has 0 aromatic carbocycles. The van der Waals surface area contributed by atoms with Crippen LogP contribution in [0.25, 0.3) is 0 Å². The van der Waals surface area contributed by atoms with Gasteiger partial charge in [-0.1, -0.05) is 6.92 Å². The van der Waals surface area contributed by atoms with Crippen molar-refractivity contribution in [2.75, 3.05) is 40.3 Å². The number of likely N-dealkylation sites (N-methyl/N-ethyl adjacent to an activating group) is 1. The predicted molar refractivity (Wildman–Crippen MR) is 63.2 cm³/mol. The van der Waals surface area contributed by atoms with Crippen molar-refractivity contribution in [3.63, 3.8) is 0 Å². The van der Waals surface area contributed by atoms with Crippen molar-refractivity contribution in [2.45, 2.75) is 19.5 Å². The second-order valence-corrected chi connectivity index (χ2v) is 3.69. The van der Waals surface area contributed by atoms with E-state index in [2.05, 4.69) is 20.5 Å². The van der Waals surface area contributed by atoms with E-state index in [1.807, 2.05) is 14.0 Å². The normalized spacial score (nSPS) is 13.0. The van der Waals surface area contributed by atoms with Gasteiger partial charge in [0.25, 0.3) is 0 Å². The quantitative estimate of drug-likeness (QED) is 0.550. The maximum Gasteiger partial charge on any atom is 0.390 e. The molecule has 17 heavy (non-hydrogen) atoms. The Balaban J connectivity index is 3.72. The lowest BCUT2D eigenvalue weighted by Crippen LogP contribution is -2.41. The molecule has 0 saturated heterocycles. The second-order valence-electron chi connectivity index (χ2n) is 3.69. The van der Waals surface area contributed by atoms with E-state index in [0.717, 1.165) is 13.1 Å². The summed E-state index contributed by atoms with van der Waals surface area (Å²) in [5.74, 6) is 0.402. The summed E-state index contributed by atoms with van der Waals surface area (Å²) in [6, 6.07) is 0. The molecule has 7 heteroatoms. The summed E-state index contributed by atoms with van der Waals surface area (Å²) in [6.07, 6.45) is -4.99. The molecule has 0 unspecified atom stereocenters. The van der Waals surface area contributed by atoms with Crippen LogP contribution in [0.15, 0.2) is 4.99 Å². The standard InChI is InChI=1S/C10H21F3N4/c1-4-17(3)8-7-16-9(14-2)15-6-5-10(11,12)13/h4-8H2,1-3H3,(H2,14,15,16). The van der Waals surface area contributed by atoms with Gasteiger partial charge in [0.1, 0.15) is 0 Å². The molecule has 0 bridgehead atoms. The van der Waals surface area contributed by atoms with Crippen molar-refractivity contribution < 1.29 is 13.2 Å². The van der Waals surface area contributed by atoms with E-state index in [-0.39, 0.29) is 6.54 Å². The molecule has 0 spiro atoms. The molecule has 0 fully saturated rings. The molecule has 0 aromatic rings. The molecule has 2 N–H and O–H groups in total. The van der Waals surface area contributed by atoms with Gasteiger partial charge in [-0.3, -0.25) is 4.99 Å². The van der Waals surface area contributed by atoms with Crippen molar-refractivity contribution in [3.05, 3.63) is 0 Å². The molecule has 0 radical (unpaired) electrons. The number of aliphatic imine (C=N–C) groups is 1. The monoisotopic (exact) mass is 254 g/mol. The molecule has 0 aliphatic carbocycles. The predicted octanol–water partition coefficient (Wildman–Crippen LogP) is 1.06. The Kier molecular flexibility index (Phi) is 7.69. The van der Waals surface area contributed by atoms with Gasteiger partial charge in [-0.25, -0.2) is 0 Å². The molecule has 0 atom stereocenters. The Morgan fingerprint density at radius 1 is 1.24 bits per heavy atom. The highest BCUT2D eigenvalue weighted by molar-refractivity contribution is 5.79. The van der Waals surface area contributed by atoms with E-state index in [4.69, 9.17) is 0 Å². The van der Waals surface area contributed by atoms with Crippen LogP contribution in [0.1, 0.15) is 13.3 Å². The van der Waals surface area contributed by atoms with Crippen LogP contribution in [0.5, 0.6) is 0 Å². The van der Waals surface area contributed by atoms with Crippen LogP contribution < -0.4 is 10.6 Å². The lowest BCUT2D eigenvalue weighted by molar-refractivity contribution is -0.132. The Morgan fingerprint density at radius 3 is 2.29 bits per heavy atom. The minimum Gasteiger partial charge on any atom is -0.356 e. The summed E-state index contributed by atoms with van der Waals surface area (Å²) in [5, 5.41) is 5.57. The lowest BCUT2D eigenvalue weighted by Gasteiger charge is -2.16. The summed E-state index contributed by atoms with van der Waals surface area (Å²) in [6.45, 7) is 4.28. The SMILES string of the molecule is CCN(C)CCNC(=NC)NCCC(F)(F)F. The first-order valence-electron chi connectivity index (χ1n) is 5.59. The first-order valence-corrected chi connectivity index (χ1v) is 5.59. The third-order valence-electron chi connectivity index (χ3n) is 2.25. The van der Waals surface area contributed by atoms with Crippen LogP contribution in [0, 0.1) is 0 Å². The topological polar surface area (TPSA) is 39.7 Å². The fourth-order valence-electron chi connectivity index (χ4n) is 1.07. The fraction of sp³-hybridized carbons (Fsp3) is 0.900. The van der Waals surface area contributed by atoms with Gasteiger partial charge in [0.15, 0.2) is 5.96 Å². The van der Waals surface area contributed by atoms with Crippen LogP contribution in [-0.2, 0) is 0 Å². The average Bonchev–Trinajstić information content (AvgIpc) is 2.25. The molecule has 0 saturated carbocycles. The van der Waals surface area contributed by atoms with Crippen LogP contribution in [0.3, 0.4) is 0 Å². The zero-order valence-corrected chi connectivity index (χ0v) is 10.6. The molecule has 4 nitrogen and oxygen atoms in total. The second kappa shape index (κ2) is 8.16. The zero-order valence-electron chi connectivity index (χ0n) is 10.6. The van der Waals surface area contributed by atoms with E-state index < -0.39 is 12.6 Å². The van der Waals surface area contributed by atoms with Crippen molar-refractivity contribution in [1.82, 2.24) is 15.5 Å². The maximum atomic E-state index is 11.9. The highest BCUT2D eigenvalue weighted by atomic mass is 19.4. The molecule has 0 heterocycles. The van der Waals surface area contributed by atoms with E-state index in [0.29, 0.717) is 12.5 Å². The molecule has 102 valence electrons. The number of alkyl halides is 3. The molecule has 0 aromatic heterocycles. The molecule has 0 amide bonds. The number of halogens is 3. The summed E-state index contributed by atoms with van der Waals surface area (Å²) >= 11 is 0. The molecule has 0 rings (SSSR count). The van der Waals surface area contributed by atoms with Gasteiger partial charge in [0.05, 0.1) is 6.42 Å². The Bertz CT molecular complexity index is 228. The molecular formula is C10H21F3N4. The van der Waals surface area contributed by atoms with Crippen LogP contribution in [0.2, 0.25) is 0 Å². The first kappa shape index (κ1) is 16.0. The number of nitrogens with one attached hydrogen (secondary N) is 2. The largest absolute Gasteiger partial charge is 0.390 e. The van der Waals surface area contributed by atoms with E-state index in [9.17, 15) is 13.2 Å². The van der Waals surface area contributed by atoms with Crippen molar-refractivity contribution in [3.8, 4) is 0 Å². The zero-order chi connectivity index (χ0) is 13.3. The number of rotatable bonds is 6. The minimum atomic E-state index is -4.13. The number of guanidine groups is 1. The summed E-state index contributed by atoms with van der Waals surface area (Å²) < 4.78 is 35.7. The number of nitrogens with zero attached hydrogens (tertiary/aromatic N) is 2. The van der Waals surface area contributed by atoms with E-state index in [1.165, 1.54) is 7.05 Å². The van der Waals surface area contributed by atoms with Gasteiger partial charge in [0, 0.05) is 26.7 Å². The third kappa shape index (κ3) is 9.92. The van der Waals surface area contributed by atoms with Gasteiger partial charge >= 0.3 is 6.18 Å². The lowest BCUT2D eigenvalue weighted by atomic mass is 10.4. The highest BCUT2D eigenvalue weighted by Gasteiger charge is 2.26. The molecule has 0 aliphatic heterocycles. The minimum absolute atomic E-state index is 0.160. The number of hydrogen-bond acceptors (Lipinski definition) is 2. The average molecular weight is 254 g/mol. The van der Waals surface area contributed by atoms with Crippen molar-refractivity contribution in [1.29, 1.82) is 0 Å². The summed E-state index contributed by atoms with van der Waals surface area (Å²) in [4.78, 5) is 5.93. The third-order valence-corrected chi connectivity index (χ3v) is 2.25. The Hall–Kier alpha value is -0.980. The van der Waals surface area contributed by atoms with Crippen LogP contribution in [0.4, 0.5) is 13.2 Å². The molecule has 0 aliphatic rings. The van der Waals surface area contributed by atoms with Crippen LogP contribution in [-0.4, -0.2) is 57.3 Å². The highest BCUT2D eigenvalue weighted by Crippen LogP contribution is 2.17. The number of hydrogen-bond donors (Lipinski definition) is 2. The Morgan fingerprint density at radius 2 is 1.82 bits per heavy atom. The van der Waals surface area contributed by atoms with Crippen molar-refractivity contribution in [2.24, 2.45) is 4.99 Å². The van der Waals surface area contributed by atoms with Gasteiger partial charge < -0.3 is 15.5 Å². The molecular weight excluding hydrogens is 233 g/mol.